The van der Waals surface area contributed by atoms with Crippen LogP contribution >= 0.6 is 0 Å². The van der Waals surface area contributed by atoms with Crippen LogP contribution in [0.3, 0.4) is 0 Å². The van der Waals surface area contributed by atoms with Crippen molar-refractivity contribution in [3.05, 3.63) is 71.3 Å². The van der Waals surface area contributed by atoms with E-state index in [1.54, 1.807) is 9.80 Å². The third-order valence-electron chi connectivity index (χ3n) is 9.36. The molecule has 0 aliphatic carbocycles. The zero-order valence-corrected chi connectivity index (χ0v) is 26.1. The minimum Gasteiger partial charge on any atom is -0.444 e. The van der Waals surface area contributed by atoms with Crippen molar-refractivity contribution in [3.8, 4) is 0 Å². The first-order chi connectivity index (χ1) is 21.9. The number of fused-ring (bicyclic) bond motifs is 2. The Bertz CT molecular complexity index is 1260. The van der Waals surface area contributed by atoms with Gasteiger partial charge in [0.2, 0.25) is 11.8 Å². The van der Waals surface area contributed by atoms with E-state index < -0.39 is 43.2 Å². The molecule has 3 amide bonds. The van der Waals surface area contributed by atoms with Gasteiger partial charge in [-0.05, 0) is 42.5 Å². The summed E-state index contributed by atoms with van der Waals surface area (Å²) in [5, 5.41) is 26.4. The largest absolute Gasteiger partial charge is 0.475 e. The molecule has 242 valence electrons. The van der Waals surface area contributed by atoms with Crippen LogP contribution in [0.4, 0.5) is 4.79 Å². The van der Waals surface area contributed by atoms with Crippen molar-refractivity contribution < 1.29 is 29.2 Å². The lowest BCUT2D eigenvalue weighted by Gasteiger charge is -2.30. The van der Waals surface area contributed by atoms with Crippen molar-refractivity contribution in [2.24, 2.45) is 0 Å². The van der Waals surface area contributed by atoms with Gasteiger partial charge in [-0.1, -0.05) is 99.5 Å². The highest BCUT2D eigenvalue weighted by Gasteiger charge is 2.44. The molecule has 3 aliphatic heterocycles. The zero-order valence-electron chi connectivity index (χ0n) is 26.1. The molecule has 5 rings (SSSR count). The third-order valence-corrected chi connectivity index (χ3v) is 9.36. The number of carbonyl (C=O) groups excluding carboxylic acids is 3. The fourth-order valence-corrected chi connectivity index (χ4v) is 6.77. The van der Waals surface area contributed by atoms with Crippen molar-refractivity contribution >= 4 is 25.0 Å². The van der Waals surface area contributed by atoms with Gasteiger partial charge in [0.1, 0.15) is 12.1 Å². The molecular weight excluding hydrogens is 571 g/mol. The molecule has 10 nitrogen and oxygen atoms in total. The number of carbonyl (C=O) groups is 3. The Morgan fingerprint density at radius 2 is 1.51 bits per heavy atom. The SMILES string of the molecule is O=C1N[C@@H](B(O)O)CCCCCCCCCC(NCCc2ccccc2)C(=O)N2C[C@H](OC(=O)N3Cc4ccccc4C3)C[C@@H]12. The van der Waals surface area contributed by atoms with E-state index in [9.17, 15) is 24.4 Å². The van der Waals surface area contributed by atoms with Crippen LogP contribution in [0.5, 0.6) is 0 Å². The molecule has 0 aromatic heterocycles. The van der Waals surface area contributed by atoms with Crippen LogP contribution in [0.25, 0.3) is 0 Å². The van der Waals surface area contributed by atoms with Gasteiger partial charge in [-0.3, -0.25) is 14.5 Å². The second-order valence-electron chi connectivity index (χ2n) is 12.7. The average Bonchev–Trinajstić information content (AvgIpc) is 3.67. The van der Waals surface area contributed by atoms with Crippen molar-refractivity contribution in [2.75, 3.05) is 13.1 Å². The fraction of sp³-hybridized carbons (Fsp3) is 0.559. The Balaban J connectivity index is 1.31. The van der Waals surface area contributed by atoms with Gasteiger partial charge in [0.05, 0.1) is 18.5 Å². The molecule has 4 atom stereocenters. The molecule has 0 bridgehead atoms. The second kappa shape index (κ2) is 16.2. The lowest BCUT2D eigenvalue weighted by atomic mass is 9.76. The Morgan fingerprint density at radius 1 is 0.889 bits per heavy atom. The molecule has 1 unspecified atom stereocenters. The van der Waals surface area contributed by atoms with E-state index in [-0.39, 0.29) is 18.9 Å². The zero-order chi connectivity index (χ0) is 31.6. The molecular formula is C34H47BN4O6. The summed E-state index contributed by atoms with van der Waals surface area (Å²) in [4.78, 5) is 44.3. The van der Waals surface area contributed by atoms with E-state index in [4.69, 9.17) is 4.74 Å². The number of benzene rings is 2. The molecule has 2 saturated heterocycles. The van der Waals surface area contributed by atoms with E-state index in [1.165, 1.54) is 5.56 Å². The normalized spacial score (nSPS) is 24.9. The predicted octanol–water partition coefficient (Wildman–Crippen LogP) is 3.33. The van der Waals surface area contributed by atoms with Crippen LogP contribution in [0.15, 0.2) is 54.6 Å². The van der Waals surface area contributed by atoms with Crippen LogP contribution in [-0.4, -0.2) is 82.1 Å². The van der Waals surface area contributed by atoms with Crippen LogP contribution in [-0.2, 0) is 33.8 Å². The second-order valence-corrected chi connectivity index (χ2v) is 12.7. The van der Waals surface area contributed by atoms with Crippen LogP contribution < -0.4 is 10.6 Å². The van der Waals surface area contributed by atoms with Gasteiger partial charge in [-0.2, -0.15) is 0 Å². The summed E-state index contributed by atoms with van der Waals surface area (Å²) in [7, 11) is -1.71. The summed E-state index contributed by atoms with van der Waals surface area (Å²) >= 11 is 0. The van der Waals surface area contributed by atoms with E-state index >= 15 is 0 Å². The Hall–Kier alpha value is -3.41. The smallest absolute Gasteiger partial charge is 0.444 e. The van der Waals surface area contributed by atoms with Gasteiger partial charge in [0.25, 0.3) is 0 Å². The fourth-order valence-electron chi connectivity index (χ4n) is 6.77. The average molecular weight is 619 g/mol. The van der Waals surface area contributed by atoms with Crippen molar-refractivity contribution in [1.29, 1.82) is 0 Å². The van der Waals surface area contributed by atoms with Gasteiger partial charge in [-0.15, -0.1) is 0 Å². The molecule has 3 aliphatic rings. The van der Waals surface area contributed by atoms with E-state index in [2.05, 4.69) is 22.8 Å². The monoisotopic (exact) mass is 618 g/mol. The number of nitrogens with one attached hydrogen (secondary N) is 2. The minimum absolute atomic E-state index is 0.104. The highest BCUT2D eigenvalue weighted by atomic mass is 16.6. The number of rotatable bonds is 6. The van der Waals surface area contributed by atoms with Gasteiger partial charge < -0.3 is 30.3 Å². The summed E-state index contributed by atoms with van der Waals surface area (Å²) in [6.07, 6.45) is 7.71. The molecule has 3 heterocycles. The maximum absolute atomic E-state index is 14.2. The van der Waals surface area contributed by atoms with E-state index in [0.717, 1.165) is 62.5 Å². The summed E-state index contributed by atoms with van der Waals surface area (Å²) in [6, 6.07) is 16.6. The first-order valence-electron chi connectivity index (χ1n) is 16.7. The number of ether oxygens (including phenoxy) is 1. The topological polar surface area (TPSA) is 131 Å². The molecule has 2 aromatic rings. The van der Waals surface area contributed by atoms with Crippen LogP contribution in [0, 0.1) is 0 Å². The maximum Gasteiger partial charge on any atom is 0.475 e. The first-order valence-corrected chi connectivity index (χ1v) is 16.7. The molecule has 2 fully saturated rings. The van der Waals surface area contributed by atoms with Crippen LogP contribution in [0.2, 0.25) is 0 Å². The lowest BCUT2D eigenvalue weighted by Crippen LogP contribution is -2.56. The predicted molar refractivity (Wildman–Crippen MR) is 172 cm³/mol. The molecule has 45 heavy (non-hydrogen) atoms. The molecule has 11 heteroatoms. The highest BCUT2D eigenvalue weighted by molar-refractivity contribution is 6.43. The highest BCUT2D eigenvalue weighted by Crippen LogP contribution is 2.27. The quantitative estimate of drug-likeness (QED) is 0.366. The third kappa shape index (κ3) is 9.08. The number of amides is 3. The van der Waals surface area contributed by atoms with E-state index in [1.807, 2.05) is 42.5 Å². The number of nitrogens with zero attached hydrogens (tertiary/aromatic N) is 2. The van der Waals surface area contributed by atoms with Crippen molar-refractivity contribution in [3.63, 3.8) is 0 Å². The molecule has 0 saturated carbocycles. The molecule has 2 aromatic carbocycles. The summed E-state index contributed by atoms with van der Waals surface area (Å²) in [5.41, 5.74) is 3.34. The van der Waals surface area contributed by atoms with Crippen LogP contribution in [0.1, 0.15) is 80.9 Å². The first kappa shape index (κ1) is 33.0. The van der Waals surface area contributed by atoms with Crippen molar-refractivity contribution in [2.45, 2.75) is 108 Å². The van der Waals surface area contributed by atoms with Crippen molar-refractivity contribution in [1.82, 2.24) is 20.4 Å². The van der Waals surface area contributed by atoms with Gasteiger partial charge in [0.15, 0.2) is 0 Å². The van der Waals surface area contributed by atoms with Gasteiger partial charge in [0, 0.05) is 19.5 Å². The summed E-state index contributed by atoms with van der Waals surface area (Å²) in [5.74, 6) is -1.49. The minimum atomic E-state index is -1.71. The van der Waals surface area contributed by atoms with Gasteiger partial charge in [-0.25, -0.2) is 4.79 Å². The summed E-state index contributed by atoms with van der Waals surface area (Å²) < 4.78 is 5.92. The van der Waals surface area contributed by atoms with Gasteiger partial charge >= 0.3 is 13.2 Å². The number of hydrogen-bond acceptors (Lipinski definition) is 7. The Kier molecular flexibility index (Phi) is 11.9. The molecule has 4 N–H and O–H groups in total. The molecule has 0 spiro atoms. The lowest BCUT2D eigenvalue weighted by molar-refractivity contribution is -0.140. The number of hydrogen-bond donors (Lipinski definition) is 4. The molecule has 0 radical (unpaired) electrons. The Morgan fingerprint density at radius 3 is 2.18 bits per heavy atom. The maximum atomic E-state index is 14.2. The Labute approximate surface area is 266 Å². The standard InChI is InChI=1S/C34H47BN4O6/c40-32-30-21-28(45-34(42)38-22-26-15-11-12-16-27(26)23-38)24-39(30)33(41)29(36-20-19-25-13-7-6-8-14-25)17-9-4-2-1-3-5-10-18-31(37-32)35(43)44/h6-8,11-16,28-31,36,43-44H,1-5,9-10,17-24H2,(H,37,40)/t28-,29?,30+,31-/m1/s1. The van der Waals surface area contributed by atoms with E-state index in [0.29, 0.717) is 32.5 Å². The summed E-state index contributed by atoms with van der Waals surface area (Å²) in [6.45, 7) is 1.63.